The minimum atomic E-state index is -3.78. The Kier molecular flexibility index (Phi) is 3.45. The van der Waals surface area contributed by atoms with Crippen LogP contribution in [0.1, 0.15) is 14.5 Å². The van der Waals surface area contributed by atoms with Crippen molar-refractivity contribution in [1.82, 2.24) is 4.89 Å². The fourth-order valence-electron chi connectivity index (χ4n) is 0.992. The number of carboxylic acids is 1. The van der Waals surface area contributed by atoms with Gasteiger partial charge in [0.1, 0.15) is 4.88 Å². The summed E-state index contributed by atoms with van der Waals surface area (Å²) in [6.45, 7) is 1.53. The van der Waals surface area contributed by atoms with Crippen LogP contribution in [-0.2, 0) is 14.9 Å². The Morgan fingerprint density at radius 3 is 2.60 bits per heavy atom. The van der Waals surface area contributed by atoms with Crippen LogP contribution in [0.4, 0.5) is 0 Å². The third kappa shape index (κ3) is 2.53. The number of carboxylic acid groups (broad SMARTS) is 1. The first-order valence-electron chi connectivity index (χ1n) is 3.77. The van der Waals surface area contributed by atoms with Gasteiger partial charge >= 0.3 is 5.97 Å². The summed E-state index contributed by atoms with van der Waals surface area (Å²) in [6, 6.07) is 1.10. The van der Waals surface area contributed by atoms with Crippen LogP contribution in [-0.4, -0.2) is 26.6 Å². The van der Waals surface area contributed by atoms with Crippen molar-refractivity contribution in [1.29, 1.82) is 0 Å². The SMILES string of the molecule is CONS(=O)(=O)c1cc(C(=O)O)sc1C. The molecule has 0 spiro atoms. The van der Waals surface area contributed by atoms with E-state index in [1.165, 1.54) is 6.92 Å². The number of thiophene rings is 1. The Morgan fingerprint density at radius 2 is 2.20 bits per heavy atom. The second kappa shape index (κ2) is 4.27. The third-order valence-corrected chi connectivity index (χ3v) is 4.12. The molecule has 0 fully saturated rings. The summed E-state index contributed by atoms with van der Waals surface area (Å²) in [5, 5.41) is 8.68. The lowest BCUT2D eigenvalue weighted by molar-refractivity contribution is 0.0702. The van der Waals surface area contributed by atoms with Crippen molar-refractivity contribution < 1.29 is 23.2 Å². The lowest BCUT2D eigenvalue weighted by atomic mass is 10.4. The Hall–Kier alpha value is -0.960. The number of sulfonamides is 1. The first kappa shape index (κ1) is 12.1. The van der Waals surface area contributed by atoms with Gasteiger partial charge in [-0.05, 0) is 13.0 Å². The maximum Gasteiger partial charge on any atom is 0.345 e. The van der Waals surface area contributed by atoms with E-state index in [1.54, 1.807) is 0 Å². The van der Waals surface area contributed by atoms with Crippen molar-refractivity contribution in [2.24, 2.45) is 0 Å². The molecule has 1 aromatic heterocycles. The van der Waals surface area contributed by atoms with Crippen molar-refractivity contribution in [3.05, 3.63) is 15.8 Å². The van der Waals surface area contributed by atoms with E-state index in [-0.39, 0.29) is 9.77 Å². The number of rotatable bonds is 4. The smallest absolute Gasteiger partial charge is 0.345 e. The van der Waals surface area contributed by atoms with Gasteiger partial charge in [0.2, 0.25) is 0 Å². The van der Waals surface area contributed by atoms with Crippen LogP contribution in [0.5, 0.6) is 0 Å². The molecule has 0 aliphatic carbocycles. The topological polar surface area (TPSA) is 92.7 Å². The van der Waals surface area contributed by atoms with Crippen LogP contribution in [0.15, 0.2) is 11.0 Å². The van der Waals surface area contributed by atoms with Crippen molar-refractivity contribution in [2.75, 3.05) is 7.11 Å². The molecule has 8 heteroatoms. The maximum absolute atomic E-state index is 11.5. The van der Waals surface area contributed by atoms with Crippen LogP contribution in [0.3, 0.4) is 0 Å². The zero-order chi connectivity index (χ0) is 11.6. The molecular weight excluding hydrogens is 242 g/mol. The highest BCUT2D eigenvalue weighted by atomic mass is 32.2. The average Bonchev–Trinajstić information content (AvgIpc) is 2.47. The first-order valence-corrected chi connectivity index (χ1v) is 6.07. The zero-order valence-corrected chi connectivity index (χ0v) is 9.61. The van der Waals surface area contributed by atoms with Gasteiger partial charge in [-0.15, -0.1) is 11.3 Å². The lowest BCUT2D eigenvalue weighted by Gasteiger charge is -2.01. The second-order valence-electron chi connectivity index (χ2n) is 2.63. The molecule has 6 nitrogen and oxygen atoms in total. The predicted molar refractivity (Wildman–Crippen MR) is 53.3 cm³/mol. The molecule has 2 N–H and O–H groups in total. The van der Waals surface area contributed by atoms with E-state index in [0.29, 0.717) is 4.88 Å². The highest BCUT2D eigenvalue weighted by Crippen LogP contribution is 2.25. The molecule has 1 rings (SSSR count). The highest BCUT2D eigenvalue weighted by molar-refractivity contribution is 7.89. The fraction of sp³-hybridized carbons (Fsp3) is 0.286. The number of carbonyl (C=O) groups is 1. The van der Waals surface area contributed by atoms with Gasteiger partial charge in [0, 0.05) is 4.88 Å². The van der Waals surface area contributed by atoms with E-state index in [4.69, 9.17) is 5.11 Å². The van der Waals surface area contributed by atoms with Crippen molar-refractivity contribution in [3.8, 4) is 0 Å². The highest BCUT2D eigenvalue weighted by Gasteiger charge is 2.21. The fourth-order valence-corrected chi connectivity index (χ4v) is 3.24. The summed E-state index contributed by atoms with van der Waals surface area (Å²) in [5.74, 6) is -1.15. The summed E-state index contributed by atoms with van der Waals surface area (Å²) in [5.41, 5.74) is 0. The van der Waals surface area contributed by atoms with Gasteiger partial charge in [-0.3, -0.25) is 4.84 Å². The van der Waals surface area contributed by atoms with Gasteiger partial charge in [-0.2, -0.15) is 0 Å². The molecule has 0 bridgehead atoms. The molecular formula is C7H9NO5S2. The quantitative estimate of drug-likeness (QED) is 0.764. The third-order valence-electron chi connectivity index (χ3n) is 1.57. The van der Waals surface area contributed by atoms with E-state index < -0.39 is 16.0 Å². The summed E-state index contributed by atoms with van der Waals surface area (Å²) in [4.78, 5) is 17.0. The maximum atomic E-state index is 11.5. The Morgan fingerprint density at radius 1 is 1.60 bits per heavy atom. The van der Waals surface area contributed by atoms with Crippen LogP contribution in [0.2, 0.25) is 0 Å². The molecule has 0 amide bonds. The summed E-state index contributed by atoms with van der Waals surface area (Å²) in [7, 11) is -2.61. The Bertz CT molecular complexity index is 476. The van der Waals surface area contributed by atoms with Gasteiger partial charge in [-0.1, -0.05) is 4.89 Å². The summed E-state index contributed by atoms with van der Waals surface area (Å²) >= 11 is 0.901. The average molecular weight is 251 g/mol. The van der Waals surface area contributed by atoms with Crippen molar-refractivity contribution in [3.63, 3.8) is 0 Å². The van der Waals surface area contributed by atoms with Crippen molar-refractivity contribution >= 4 is 27.3 Å². The molecule has 0 aliphatic rings. The molecule has 0 saturated carbocycles. The van der Waals surface area contributed by atoms with Gasteiger partial charge in [0.25, 0.3) is 10.0 Å². The van der Waals surface area contributed by atoms with Crippen LogP contribution in [0, 0.1) is 6.92 Å². The van der Waals surface area contributed by atoms with E-state index >= 15 is 0 Å². The summed E-state index contributed by atoms with van der Waals surface area (Å²) in [6.07, 6.45) is 0. The zero-order valence-electron chi connectivity index (χ0n) is 7.97. The molecule has 0 radical (unpaired) electrons. The largest absolute Gasteiger partial charge is 0.477 e. The first-order chi connectivity index (χ1) is 6.88. The standard InChI is InChI=1S/C7H9NO5S2/c1-4-6(15(11,12)8-13-2)3-5(14-4)7(9)10/h3,8H,1-2H3,(H,9,10). The van der Waals surface area contributed by atoms with Crippen molar-refractivity contribution in [2.45, 2.75) is 11.8 Å². The minimum Gasteiger partial charge on any atom is -0.477 e. The van der Waals surface area contributed by atoms with Gasteiger partial charge in [-0.25, -0.2) is 13.2 Å². The molecule has 0 aromatic carbocycles. The van der Waals surface area contributed by atoms with E-state index in [1.807, 2.05) is 4.89 Å². The molecule has 1 heterocycles. The second-order valence-corrected chi connectivity index (χ2v) is 5.50. The number of aryl methyl sites for hydroxylation is 1. The predicted octanol–water partition coefficient (Wildman–Crippen LogP) is 0.594. The van der Waals surface area contributed by atoms with Crippen LogP contribution >= 0.6 is 11.3 Å². The molecule has 15 heavy (non-hydrogen) atoms. The number of hydrogen-bond donors (Lipinski definition) is 2. The Labute approximate surface area is 90.5 Å². The van der Waals surface area contributed by atoms with Crippen LogP contribution in [0.25, 0.3) is 0 Å². The minimum absolute atomic E-state index is 0.0241. The van der Waals surface area contributed by atoms with Gasteiger partial charge < -0.3 is 5.11 Å². The molecule has 0 saturated heterocycles. The number of nitrogens with one attached hydrogen (secondary N) is 1. The molecule has 0 atom stereocenters. The van der Waals surface area contributed by atoms with Crippen LogP contribution < -0.4 is 4.89 Å². The lowest BCUT2D eigenvalue weighted by Crippen LogP contribution is -2.22. The normalized spacial score (nSPS) is 11.6. The number of aromatic carboxylic acids is 1. The van der Waals surface area contributed by atoms with Gasteiger partial charge in [0.05, 0.1) is 12.0 Å². The summed E-state index contributed by atoms with van der Waals surface area (Å²) < 4.78 is 22.9. The van der Waals surface area contributed by atoms with Gasteiger partial charge in [0.15, 0.2) is 0 Å². The molecule has 0 unspecified atom stereocenters. The Balaban J connectivity index is 3.21. The molecule has 1 aromatic rings. The molecule has 0 aliphatic heterocycles. The van der Waals surface area contributed by atoms with E-state index in [9.17, 15) is 13.2 Å². The molecule has 84 valence electrons. The van der Waals surface area contributed by atoms with E-state index in [0.717, 1.165) is 24.5 Å². The monoisotopic (exact) mass is 251 g/mol. The van der Waals surface area contributed by atoms with E-state index in [2.05, 4.69) is 4.84 Å². The number of hydrogen-bond acceptors (Lipinski definition) is 5.